The molecule has 0 bridgehead atoms. The highest BCUT2D eigenvalue weighted by atomic mass is 79.9. The van der Waals surface area contributed by atoms with E-state index in [0.29, 0.717) is 17.7 Å². The van der Waals surface area contributed by atoms with Crippen molar-refractivity contribution in [3.05, 3.63) is 63.1 Å². The van der Waals surface area contributed by atoms with Gasteiger partial charge in [0.05, 0.1) is 19.3 Å². The lowest BCUT2D eigenvalue weighted by Gasteiger charge is -2.48. The number of benzene rings is 2. The first-order valence-corrected chi connectivity index (χ1v) is 10.9. The summed E-state index contributed by atoms with van der Waals surface area (Å²) in [6.07, 6.45) is -4.29. The molecule has 0 aromatic heterocycles. The first-order valence-electron chi connectivity index (χ1n) is 10.1. The first kappa shape index (κ1) is 24.1. The van der Waals surface area contributed by atoms with Crippen LogP contribution in [0.15, 0.2) is 40.9 Å². The van der Waals surface area contributed by atoms with Crippen molar-refractivity contribution in [1.82, 2.24) is 0 Å². The van der Waals surface area contributed by atoms with Crippen LogP contribution in [0.1, 0.15) is 29.2 Å². The van der Waals surface area contributed by atoms with Crippen LogP contribution in [-0.2, 0) is 28.1 Å². The lowest BCUT2D eigenvalue weighted by molar-refractivity contribution is -0.366. The van der Waals surface area contributed by atoms with Gasteiger partial charge in [-0.2, -0.15) is 0 Å². The van der Waals surface area contributed by atoms with Crippen molar-refractivity contribution >= 4 is 15.9 Å². The zero-order valence-electron chi connectivity index (χ0n) is 17.8. The van der Waals surface area contributed by atoms with Crippen LogP contribution in [0.4, 0.5) is 0 Å². The summed E-state index contributed by atoms with van der Waals surface area (Å²) in [4.78, 5) is 0. The van der Waals surface area contributed by atoms with Gasteiger partial charge in [-0.15, -0.1) is 0 Å². The average Bonchev–Trinajstić information content (AvgIpc) is 2.80. The summed E-state index contributed by atoms with van der Waals surface area (Å²) in [5.74, 6) is -1.49. The molecule has 1 heterocycles. The van der Waals surface area contributed by atoms with Crippen LogP contribution in [0.5, 0.6) is 5.75 Å². The number of aliphatic hydroxyl groups is 4. The van der Waals surface area contributed by atoms with Gasteiger partial charge in [0.25, 0.3) is 0 Å². The molecular formula is C23H29BrO7. The maximum absolute atomic E-state index is 10.8. The van der Waals surface area contributed by atoms with E-state index in [1.807, 2.05) is 0 Å². The van der Waals surface area contributed by atoms with E-state index >= 15 is 0 Å². The Hall–Kier alpha value is -1.52. The van der Waals surface area contributed by atoms with Crippen LogP contribution >= 0.6 is 15.9 Å². The summed E-state index contributed by atoms with van der Waals surface area (Å²) < 4.78 is 17.7. The minimum atomic E-state index is -1.85. The number of rotatable bonds is 7. The van der Waals surface area contributed by atoms with Crippen LogP contribution in [0, 0.1) is 0 Å². The van der Waals surface area contributed by atoms with E-state index in [2.05, 4.69) is 47.1 Å². The molecule has 0 saturated carbocycles. The molecule has 1 aliphatic rings. The van der Waals surface area contributed by atoms with Gasteiger partial charge in [0.15, 0.2) is 0 Å². The molecule has 1 unspecified atom stereocenters. The van der Waals surface area contributed by atoms with E-state index in [0.717, 1.165) is 22.0 Å². The number of ether oxygens (including phenoxy) is 3. The molecule has 1 aliphatic heterocycles. The van der Waals surface area contributed by atoms with Gasteiger partial charge in [-0.25, -0.2) is 0 Å². The third-order valence-corrected chi connectivity index (χ3v) is 6.56. The number of aryl methyl sites for hydroxylation is 1. The summed E-state index contributed by atoms with van der Waals surface area (Å²) >= 11 is 3.58. The largest absolute Gasteiger partial charge is 0.496 e. The SMILES string of the molecule is CCc1ccc(Cc2cc([C@]3(OC)OC(CO)[C@@H](O)[C@H](O)[C@H]3O)c(OC)cc2Br)cc1. The van der Waals surface area contributed by atoms with E-state index < -0.39 is 36.8 Å². The Morgan fingerprint density at radius 2 is 1.68 bits per heavy atom. The molecule has 2 aromatic carbocycles. The quantitative estimate of drug-likeness (QED) is 0.463. The fourth-order valence-corrected chi connectivity index (χ4v) is 4.39. The van der Waals surface area contributed by atoms with Gasteiger partial charge >= 0.3 is 0 Å². The fourth-order valence-electron chi connectivity index (χ4n) is 3.93. The highest BCUT2D eigenvalue weighted by molar-refractivity contribution is 9.10. The smallest absolute Gasteiger partial charge is 0.228 e. The van der Waals surface area contributed by atoms with E-state index in [1.54, 1.807) is 12.1 Å². The van der Waals surface area contributed by atoms with E-state index in [9.17, 15) is 20.4 Å². The highest BCUT2D eigenvalue weighted by Crippen LogP contribution is 2.44. The van der Waals surface area contributed by atoms with E-state index in [-0.39, 0.29) is 0 Å². The summed E-state index contributed by atoms with van der Waals surface area (Å²) in [6, 6.07) is 11.8. The predicted octanol–water partition coefficient (Wildman–Crippen LogP) is 1.88. The number of hydrogen-bond donors (Lipinski definition) is 4. The van der Waals surface area contributed by atoms with Gasteiger partial charge in [-0.1, -0.05) is 47.1 Å². The molecule has 0 amide bonds. The standard InChI is InChI=1S/C23H29BrO7/c1-4-13-5-7-14(8-6-13)9-15-10-16(18(29-2)11-17(15)24)23(30-3)22(28)21(27)20(26)19(12-25)31-23/h5-8,10-11,19-22,25-28H,4,9,12H2,1-3H3/t19?,20-,21+,22-,23+/m1/s1. The topological polar surface area (TPSA) is 109 Å². The summed E-state index contributed by atoms with van der Waals surface area (Å²) in [5.41, 5.74) is 3.57. The van der Waals surface area contributed by atoms with Crippen LogP contribution in [-0.4, -0.2) is 65.7 Å². The number of methoxy groups -OCH3 is 2. The Morgan fingerprint density at radius 3 is 2.23 bits per heavy atom. The van der Waals surface area contributed by atoms with Crippen molar-refractivity contribution in [3.63, 3.8) is 0 Å². The van der Waals surface area contributed by atoms with Crippen molar-refractivity contribution in [2.24, 2.45) is 0 Å². The summed E-state index contributed by atoms with van der Waals surface area (Å²) in [7, 11) is 2.80. The minimum absolute atomic E-state index is 0.345. The molecule has 8 heteroatoms. The zero-order chi connectivity index (χ0) is 22.8. The summed E-state index contributed by atoms with van der Waals surface area (Å²) in [6.45, 7) is 1.54. The lowest BCUT2D eigenvalue weighted by atomic mass is 9.86. The van der Waals surface area contributed by atoms with Crippen LogP contribution < -0.4 is 4.74 Å². The van der Waals surface area contributed by atoms with Crippen molar-refractivity contribution in [2.75, 3.05) is 20.8 Å². The van der Waals surface area contributed by atoms with Gasteiger partial charge < -0.3 is 34.6 Å². The maximum atomic E-state index is 10.8. The molecular weight excluding hydrogens is 468 g/mol. The molecule has 0 aliphatic carbocycles. The molecule has 170 valence electrons. The van der Waals surface area contributed by atoms with Crippen molar-refractivity contribution in [3.8, 4) is 5.75 Å². The molecule has 5 atom stereocenters. The minimum Gasteiger partial charge on any atom is -0.496 e. The van der Waals surface area contributed by atoms with Gasteiger partial charge in [0.1, 0.15) is 30.2 Å². The molecule has 1 saturated heterocycles. The van der Waals surface area contributed by atoms with E-state index in [1.165, 1.54) is 19.8 Å². The first-order chi connectivity index (χ1) is 14.8. The molecule has 0 spiro atoms. The number of aliphatic hydroxyl groups excluding tert-OH is 4. The Balaban J connectivity index is 2.08. The molecule has 0 radical (unpaired) electrons. The average molecular weight is 497 g/mol. The van der Waals surface area contributed by atoms with Crippen LogP contribution in [0.25, 0.3) is 0 Å². The molecule has 2 aromatic rings. The molecule has 4 N–H and O–H groups in total. The zero-order valence-corrected chi connectivity index (χ0v) is 19.4. The highest BCUT2D eigenvalue weighted by Gasteiger charge is 2.56. The Labute approximate surface area is 190 Å². The lowest BCUT2D eigenvalue weighted by Crippen LogP contribution is -2.64. The Bertz CT molecular complexity index is 886. The second kappa shape index (κ2) is 9.95. The number of halogens is 1. The predicted molar refractivity (Wildman–Crippen MR) is 118 cm³/mol. The third kappa shape index (κ3) is 4.52. The molecule has 31 heavy (non-hydrogen) atoms. The molecule has 1 fully saturated rings. The Morgan fingerprint density at radius 1 is 1.03 bits per heavy atom. The van der Waals surface area contributed by atoms with E-state index in [4.69, 9.17) is 14.2 Å². The molecule has 3 rings (SSSR count). The summed E-state index contributed by atoms with van der Waals surface area (Å²) in [5, 5.41) is 41.1. The maximum Gasteiger partial charge on any atom is 0.228 e. The van der Waals surface area contributed by atoms with Gasteiger partial charge in [-0.05, 0) is 41.7 Å². The van der Waals surface area contributed by atoms with Crippen molar-refractivity contribution < 1.29 is 34.6 Å². The Kier molecular flexibility index (Phi) is 7.75. The van der Waals surface area contributed by atoms with Crippen molar-refractivity contribution in [1.29, 1.82) is 0 Å². The monoisotopic (exact) mass is 496 g/mol. The van der Waals surface area contributed by atoms with Gasteiger partial charge in [0.2, 0.25) is 5.79 Å². The fraction of sp³-hybridized carbons (Fsp3) is 0.478. The second-order valence-electron chi connectivity index (χ2n) is 7.63. The number of hydrogen-bond acceptors (Lipinski definition) is 7. The van der Waals surface area contributed by atoms with Gasteiger partial charge in [-0.3, -0.25) is 0 Å². The van der Waals surface area contributed by atoms with Crippen LogP contribution in [0.3, 0.4) is 0 Å². The van der Waals surface area contributed by atoms with Crippen molar-refractivity contribution in [2.45, 2.75) is 50.0 Å². The normalized spacial score (nSPS) is 28.5. The molecule has 7 nitrogen and oxygen atoms in total. The van der Waals surface area contributed by atoms with Crippen LogP contribution in [0.2, 0.25) is 0 Å². The van der Waals surface area contributed by atoms with Gasteiger partial charge in [0, 0.05) is 11.6 Å². The second-order valence-corrected chi connectivity index (χ2v) is 8.48. The third-order valence-electron chi connectivity index (χ3n) is 5.82.